The van der Waals surface area contributed by atoms with Crippen LogP contribution in [0.25, 0.3) is 22.3 Å². The first-order valence-corrected chi connectivity index (χ1v) is 12.1. The van der Waals surface area contributed by atoms with Gasteiger partial charge < -0.3 is 19.7 Å². The minimum atomic E-state index is -5.11. The van der Waals surface area contributed by atoms with E-state index < -0.39 is 41.1 Å². The summed E-state index contributed by atoms with van der Waals surface area (Å²) in [6, 6.07) is 1.60. The Morgan fingerprint density at radius 2 is 2.00 bits per heavy atom. The quantitative estimate of drug-likeness (QED) is 0.304. The summed E-state index contributed by atoms with van der Waals surface area (Å²) >= 11 is 0. The molecule has 0 fully saturated rings. The minimum absolute atomic E-state index is 0.0651. The SMILES string of the molecule is CCC1(O)C(=O)OCc2c1cc1n(c2=O)Cc2c-1nc1cc(F)c(C)c3c1c2C(NC(=O)C(F)(F)F)CC3. The van der Waals surface area contributed by atoms with Crippen LogP contribution in [0.1, 0.15) is 59.2 Å². The molecule has 0 saturated heterocycles. The molecule has 6 rings (SSSR count). The molecule has 1 aliphatic carbocycles. The average molecular weight is 531 g/mol. The number of hydrogen-bond acceptors (Lipinski definition) is 6. The summed E-state index contributed by atoms with van der Waals surface area (Å²) in [6.45, 7) is 2.73. The van der Waals surface area contributed by atoms with Crippen LogP contribution in [0, 0.1) is 12.7 Å². The van der Waals surface area contributed by atoms with Crippen LogP contribution >= 0.6 is 0 Å². The molecule has 1 aromatic carbocycles. The number of nitrogens with zero attached hydrogens (tertiary/aromatic N) is 2. The van der Waals surface area contributed by atoms with E-state index in [-0.39, 0.29) is 60.4 Å². The van der Waals surface area contributed by atoms with Crippen molar-refractivity contribution in [2.24, 2.45) is 0 Å². The summed E-state index contributed by atoms with van der Waals surface area (Å²) in [5.41, 5.74) is -0.110. The number of carbonyl (C=O) groups excluding carboxylic acids is 2. The van der Waals surface area contributed by atoms with Gasteiger partial charge in [0.2, 0.25) is 0 Å². The molecule has 2 atom stereocenters. The van der Waals surface area contributed by atoms with Gasteiger partial charge in [-0.2, -0.15) is 13.2 Å². The van der Waals surface area contributed by atoms with Crippen LogP contribution in [0.4, 0.5) is 17.6 Å². The van der Waals surface area contributed by atoms with Crippen LogP contribution in [0.3, 0.4) is 0 Å². The van der Waals surface area contributed by atoms with Crippen LogP contribution in [0.5, 0.6) is 0 Å². The molecule has 8 nitrogen and oxygen atoms in total. The summed E-state index contributed by atoms with van der Waals surface area (Å²) in [6.07, 6.45) is -4.86. The van der Waals surface area contributed by atoms with E-state index in [1.165, 1.54) is 16.7 Å². The lowest BCUT2D eigenvalue weighted by atomic mass is 9.81. The molecule has 0 radical (unpaired) electrons. The number of aryl methyl sites for hydroxylation is 1. The Morgan fingerprint density at radius 3 is 2.68 bits per heavy atom. The monoisotopic (exact) mass is 531 g/mol. The van der Waals surface area contributed by atoms with E-state index >= 15 is 0 Å². The lowest BCUT2D eigenvalue weighted by Gasteiger charge is -2.31. The number of ether oxygens (including phenoxy) is 1. The van der Waals surface area contributed by atoms with Crippen LogP contribution in [-0.2, 0) is 39.5 Å². The molecule has 2 aromatic heterocycles. The average Bonchev–Trinajstić information content (AvgIpc) is 3.23. The zero-order chi connectivity index (χ0) is 27.3. The fourth-order valence-electron chi connectivity index (χ4n) is 5.94. The maximum absolute atomic E-state index is 14.8. The summed E-state index contributed by atoms with van der Waals surface area (Å²) in [4.78, 5) is 42.5. The standard InChI is InChI=1S/C26H21F4N3O5/c1-3-25(37)14-6-18-21-12(8-33(18)22(34)13(14)9-38-24(25)36)20-16(32-23(35)26(28,29)30)5-4-11-10(2)15(27)7-17(31-21)19(11)20/h6-7,16,37H,3-5,8-9H2,1-2H3,(H,32,35). The molecule has 0 spiro atoms. The van der Waals surface area contributed by atoms with Gasteiger partial charge in [-0.05, 0) is 48.9 Å². The van der Waals surface area contributed by atoms with Crippen molar-refractivity contribution in [2.45, 2.75) is 64.1 Å². The van der Waals surface area contributed by atoms with Crippen LogP contribution in [-0.4, -0.2) is 32.7 Å². The van der Waals surface area contributed by atoms with Crippen molar-refractivity contribution in [3.05, 3.63) is 61.7 Å². The third-order valence-corrected chi connectivity index (χ3v) is 7.94. The van der Waals surface area contributed by atoms with E-state index in [0.717, 1.165) is 0 Å². The molecule has 0 bridgehead atoms. The predicted octanol–water partition coefficient (Wildman–Crippen LogP) is 3.19. The highest BCUT2D eigenvalue weighted by Crippen LogP contribution is 2.46. The molecule has 0 saturated carbocycles. The Balaban J connectivity index is 1.64. The zero-order valence-electron chi connectivity index (χ0n) is 20.3. The first-order chi connectivity index (χ1) is 17.9. The van der Waals surface area contributed by atoms with Gasteiger partial charge in [-0.15, -0.1) is 0 Å². The lowest BCUT2D eigenvalue weighted by Crippen LogP contribution is -2.44. The van der Waals surface area contributed by atoms with Crippen LogP contribution < -0.4 is 10.9 Å². The molecule has 3 aromatic rings. The number of pyridine rings is 2. The number of fused-ring (bicyclic) bond motifs is 5. The summed E-state index contributed by atoms with van der Waals surface area (Å²) in [5.74, 6) is -3.53. The normalized spacial score (nSPS) is 21.6. The Kier molecular flexibility index (Phi) is 5.07. The van der Waals surface area contributed by atoms with Gasteiger partial charge in [-0.25, -0.2) is 14.2 Å². The van der Waals surface area contributed by atoms with Gasteiger partial charge in [0.15, 0.2) is 5.60 Å². The third-order valence-electron chi connectivity index (χ3n) is 7.94. The Hall–Kier alpha value is -3.80. The summed E-state index contributed by atoms with van der Waals surface area (Å²) < 4.78 is 60.8. The van der Waals surface area contributed by atoms with Gasteiger partial charge >= 0.3 is 18.1 Å². The number of cyclic esters (lactones) is 1. The number of benzene rings is 1. The highest BCUT2D eigenvalue weighted by atomic mass is 19.4. The van der Waals surface area contributed by atoms with E-state index in [2.05, 4.69) is 10.3 Å². The number of carbonyl (C=O) groups is 2. The van der Waals surface area contributed by atoms with Crippen molar-refractivity contribution in [1.29, 1.82) is 0 Å². The number of alkyl halides is 3. The third kappa shape index (κ3) is 3.19. The minimum Gasteiger partial charge on any atom is -0.458 e. The molecular weight excluding hydrogens is 510 g/mol. The van der Waals surface area contributed by atoms with Crippen molar-refractivity contribution < 1.29 is 37.0 Å². The van der Waals surface area contributed by atoms with Gasteiger partial charge in [-0.1, -0.05) is 6.92 Å². The second-order valence-electron chi connectivity index (χ2n) is 9.87. The van der Waals surface area contributed by atoms with E-state index in [1.807, 2.05) is 0 Å². The number of amides is 1. The molecule has 3 aliphatic rings. The summed E-state index contributed by atoms with van der Waals surface area (Å²) in [5, 5.41) is 13.6. The van der Waals surface area contributed by atoms with E-state index in [0.29, 0.717) is 27.6 Å². The van der Waals surface area contributed by atoms with Crippen molar-refractivity contribution in [1.82, 2.24) is 14.9 Å². The first-order valence-electron chi connectivity index (χ1n) is 12.1. The van der Waals surface area contributed by atoms with Crippen molar-refractivity contribution in [3.8, 4) is 11.4 Å². The number of aromatic nitrogens is 2. The zero-order valence-corrected chi connectivity index (χ0v) is 20.3. The maximum atomic E-state index is 14.8. The molecule has 38 heavy (non-hydrogen) atoms. The van der Waals surface area contributed by atoms with Crippen molar-refractivity contribution in [3.63, 3.8) is 0 Å². The highest BCUT2D eigenvalue weighted by molar-refractivity contribution is 5.94. The van der Waals surface area contributed by atoms with Crippen molar-refractivity contribution in [2.75, 3.05) is 0 Å². The molecule has 4 heterocycles. The lowest BCUT2D eigenvalue weighted by molar-refractivity contribution is -0.174. The largest absolute Gasteiger partial charge is 0.471 e. The van der Waals surface area contributed by atoms with Crippen LogP contribution in [0.15, 0.2) is 16.9 Å². The number of rotatable bonds is 2. The van der Waals surface area contributed by atoms with E-state index in [1.54, 1.807) is 13.8 Å². The number of halogens is 4. The summed E-state index contributed by atoms with van der Waals surface area (Å²) in [7, 11) is 0. The number of hydrogen-bond donors (Lipinski definition) is 2. The Bertz CT molecular complexity index is 1660. The van der Waals surface area contributed by atoms with Crippen LogP contribution in [0.2, 0.25) is 0 Å². The van der Waals surface area contributed by atoms with Gasteiger partial charge in [-0.3, -0.25) is 9.59 Å². The molecule has 2 N–H and O–H groups in total. The Labute approximate surface area is 212 Å². The highest BCUT2D eigenvalue weighted by Gasteiger charge is 2.46. The fraction of sp³-hybridized carbons (Fsp3) is 0.385. The molecule has 2 aliphatic heterocycles. The van der Waals surface area contributed by atoms with Gasteiger partial charge in [0.05, 0.1) is 35.1 Å². The molecule has 198 valence electrons. The second kappa shape index (κ2) is 7.85. The van der Waals surface area contributed by atoms with E-state index in [4.69, 9.17) is 4.74 Å². The fourth-order valence-corrected chi connectivity index (χ4v) is 5.94. The first kappa shape index (κ1) is 24.5. The predicted molar refractivity (Wildman–Crippen MR) is 124 cm³/mol. The number of nitrogens with one attached hydrogen (secondary N) is 1. The second-order valence-corrected chi connectivity index (χ2v) is 9.87. The van der Waals surface area contributed by atoms with Crippen molar-refractivity contribution >= 4 is 22.8 Å². The van der Waals surface area contributed by atoms with Gasteiger partial charge in [0.1, 0.15) is 12.4 Å². The Morgan fingerprint density at radius 1 is 1.26 bits per heavy atom. The smallest absolute Gasteiger partial charge is 0.458 e. The maximum Gasteiger partial charge on any atom is 0.471 e. The number of aliphatic hydroxyl groups is 1. The van der Waals surface area contributed by atoms with Gasteiger partial charge in [0.25, 0.3) is 5.56 Å². The van der Waals surface area contributed by atoms with E-state index in [9.17, 15) is 37.1 Å². The number of esters is 1. The molecule has 1 amide bonds. The molecular formula is C26H21F4N3O5. The molecule has 12 heteroatoms. The molecule has 2 unspecified atom stereocenters. The van der Waals surface area contributed by atoms with Gasteiger partial charge in [0, 0.05) is 22.6 Å². The topological polar surface area (TPSA) is 111 Å².